The van der Waals surface area contributed by atoms with Crippen molar-refractivity contribution in [1.29, 1.82) is 0 Å². The van der Waals surface area contributed by atoms with Crippen LogP contribution in [-0.4, -0.2) is 47.8 Å². The molecule has 148 valence electrons. The van der Waals surface area contributed by atoms with E-state index in [0.29, 0.717) is 32.6 Å². The summed E-state index contributed by atoms with van der Waals surface area (Å²) in [6.45, 7) is 5.69. The zero-order valence-corrected chi connectivity index (χ0v) is 16.1. The van der Waals surface area contributed by atoms with Crippen LogP contribution in [0.15, 0.2) is 48.5 Å². The molecule has 1 aliphatic heterocycles. The van der Waals surface area contributed by atoms with E-state index >= 15 is 0 Å². The SMILES string of the molecule is CC(C)(CC(=O)N1CCN(C(=O)c2ccc(F)c(F)c2)CC1)c1ccccc1. The smallest absolute Gasteiger partial charge is 0.254 e. The first-order valence-electron chi connectivity index (χ1n) is 9.35. The van der Waals surface area contributed by atoms with E-state index in [1.54, 1.807) is 9.80 Å². The first kappa shape index (κ1) is 20.0. The summed E-state index contributed by atoms with van der Waals surface area (Å²) >= 11 is 0. The summed E-state index contributed by atoms with van der Waals surface area (Å²) < 4.78 is 26.4. The van der Waals surface area contributed by atoms with Crippen molar-refractivity contribution in [3.8, 4) is 0 Å². The molecule has 0 aromatic heterocycles. The van der Waals surface area contributed by atoms with E-state index in [4.69, 9.17) is 0 Å². The van der Waals surface area contributed by atoms with Crippen molar-refractivity contribution < 1.29 is 18.4 Å². The fraction of sp³-hybridized carbons (Fsp3) is 0.364. The molecule has 0 radical (unpaired) electrons. The molecule has 0 saturated carbocycles. The van der Waals surface area contributed by atoms with Crippen LogP contribution in [0.4, 0.5) is 8.78 Å². The summed E-state index contributed by atoms with van der Waals surface area (Å²) in [5, 5.41) is 0. The number of nitrogens with zero attached hydrogens (tertiary/aromatic N) is 2. The average molecular weight is 386 g/mol. The number of piperazine rings is 1. The summed E-state index contributed by atoms with van der Waals surface area (Å²) in [6, 6.07) is 13.1. The standard InChI is InChI=1S/C22H24F2N2O2/c1-22(2,17-6-4-3-5-7-17)15-20(27)25-10-12-26(13-11-25)21(28)16-8-9-18(23)19(24)14-16/h3-9,14H,10-13,15H2,1-2H3. The third-order valence-corrected chi connectivity index (χ3v) is 5.23. The van der Waals surface area contributed by atoms with Crippen LogP contribution in [-0.2, 0) is 10.2 Å². The van der Waals surface area contributed by atoms with Gasteiger partial charge in [-0.05, 0) is 29.2 Å². The zero-order valence-electron chi connectivity index (χ0n) is 16.1. The van der Waals surface area contributed by atoms with Gasteiger partial charge in [0.1, 0.15) is 0 Å². The van der Waals surface area contributed by atoms with Crippen molar-refractivity contribution in [2.75, 3.05) is 26.2 Å². The monoisotopic (exact) mass is 386 g/mol. The number of carbonyl (C=O) groups excluding carboxylic acids is 2. The van der Waals surface area contributed by atoms with E-state index in [9.17, 15) is 18.4 Å². The van der Waals surface area contributed by atoms with Crippen molar-refractivity contribution in [2.24, 2.45) is 0 Å². The Balaban J connectivity index is 1.58. The Kier molecular flexibility index (Phi) is 5.77. The Morgan fingerprint density at radius 3 is 2.11 bits per heavy atom. The molecule has 6 heteroatoms. The van der Waals surface area contributed by atoms with Gasteiger partial charge >= 0.3 is 0 Å². The molecule has 0 spiro atoms. The second kappa shape index (κ2) is 8.09. The molecular formula is C22H24F2N2O2. The van der Waals surface area contributed by atoms with Crippen LogP contribution in [0.2, 0.25) is 0 Å². The third-order valence-electron chi connectivity index (χ3n) is 5.23. The van der Waals surface area contributed by atoms with Crippen molar-refractivity contribution in [3.05, 3.63) is 71.3 Å². The van der Waals surface area contributed by atoms with Crippen LogP contribution in [0.1, 0.15) is 36.2 Å². The topological polar surface area (TPSA) is 40.6 Å². The maximum absolute atomic E-state index is 13.4. The molecule has 0 atom stereocenters. The number of carbonyl (C=O) groups is 2. The molecular weight excluding hydrogens is 362 g/mol. The van der Waals surface area contributed by atoms with Gasteiger partial charge in [-0.3, -0.25) is 9.59 Å². The quantitative estimate of drug-likeness (QED) is 0.805. The van der Waals surface area contributed by atoms with Gasteiger partial charge in [0.2, 0.25) is 5.91 Å². The largest absolute Gasteiger partial charge is 0.339 e. The zero-order chi connectivity index (χ0) is 20.3. The van der Waals surface area contributed by atoms with Gasteiger partial charge < -0.3 is 9.80 Å². The lowest BCUT2D eigenvalue weighted by Crippen LogP contribution is -2.51. The van der Waals surface area contributed by atoms with Gasteiger partial charge in [-0.15, -0.1) is 0 Å². The molecule has 1 aliphatic rings. The predicted octanol–water partition coefficient (Wildman–Crippen LogP) is 3.62. The van der Waals surface area contributed by atoms with Gasteiger partial charge in [0.05, 0.1) is 0 Å². The fourth-order valence-electron chi connectivity index (χ4n) is 3.45. The van der Waals surface area contributed by atoms with Gasteiger partial charge in [0, 0.05) is 38.2 Å². The lowest BCUT2D eigenvalue weighted by atomic mass is 9.81. The minimum absolute atomic E-state index is 0.0498. The number of amides is 2. The molecule has 28 heavy (non-hydrogen) atoms. The summed E-state index contributed by atoms with van der Waals surface area (Å²) in [6.07, 6.45) is 0.383. The van der Waals surface area contributed by atoms with E-state index in [1.807, 2.05) is 44.2 Å². The highest BCUT2D eigenvalue weighted by Crippen LogP contribution is 2.27. The van der Waals surface area contributed by atoms with Crippen LogP contribution < -0.4 is 0 Å². The van der Waals surface area contributed by atoms with E-state index in [-0.39, 0.29) is 22.8 Å². The normalized spacial score (nSPS) is 14.9. The van der Waals surface area contributed by atoms with Crippen molar-refractivity contribution in [3.63, 3.8) is 0 Å². The molecule has 2 aromatic carbocycles. The average Bonchev–Trinajstić information content (AvgIpc) is 2.70. The second-order valence-electron chi connectivity index (χ2n) is 7.73. The van der Waals surface area contributed by atoms with Gasteiger partial charge in [0.15, 0.2) is 11.6 Å². The number of hydrogen-bond donors (Lipinski definition) is 0. The summed E-state index contributed by atoms with van der Waals surface area (Å²) in [5.41, 5.74) is 0.941. The molecule has 2 amide bonds. The highest BCUT2D eigenvalue weighted by atomic mass is 19.2. The Labute approximate surface area is 163 Å². The van der Waals surface area contributed by atoms with Crippen LogP contribution in [0, 0.1) is 11.6 Å². The Bertz CT molecular complexity index is 860. The van der Waals surface area contributed by atoms with E-state index in [0.717, 1.165) is 17.7 Å². The summed E-state index contributed by atoms with van der Waals surface area (Å²) in [7, 11) is 0. The molecule has 4 nitrogen and oxygen atoms in total. The molecule has 1 heterocycles. The van der Waals surface area contributed by atoms with Crippen molar-refractivity contribution in [2.45, 2.75) is 25.7 Å². The van der Waals surface area contributed by atoms with Crippen LogP contribution in [0.25, 0.3) is 0 Å². The first-order valence-corrected chi connectivity index (χ1v) is 9.35. The van der Waals surface area contributed by atoms with E-state index in [1.165, 1.54) is 6.07 Å². The third kappa shape index (κ3) is 4.38. The second-order valence-corrected chi connectivity index (χ2v) is 7.73. The number of benzene rings is 2. The van der Waals surface area contributed by atoms with Crippen LogP contribution in [0.5, 0.6) is 0 Å². The van der Waals surface area contributed by atoms with Gasteiger partial charge in [-0.2, -0.15) is 0 Å². The van der Waals surface area contributed by atoms with Gasteiger partial charge in [-0.25, -0.2) is 8.78 Å². The molecule has 2 aromatic rings. The Morgan fingerprint density at radius 2 is 1.50 bits per heavy atom. The highest BCUT2D eigenvalue weighted by molar-refractivity contribution is 5.94. The minimum atomic E-state index is -1.04. The van der Waals surface area contributed by atoms with Crippen LogP contribution in [0.3, 0.4) is 0 Å². The fourth-order valence-corrected chi connectivity index (χ4v) is 3.45. The lowest BCUT2D eigenvalue weighted by Gasteiger charge is -2.36. The summed E-state index contributed by atoms with van der Waals surface area (Å²) in [5.74, 6) is -2.32. The first-order chi connectivity index (χ1) is 13.3. The highest BCUT2D eigenvalue weighted by Gasteiger charge is 2.30. The Hall–Kier alpha value is -2.76. The van der Waals surface area contributed by atoms with E-state index in [2.05, 4.69) is 0 Å². The maximum atomic E-state index is 13.4. The molecule has 3 rings (SSSR count). The van der Waals surface area contributed by atoms with Crippen LogP contribution >= 0.6 is 0 Å². The lowest BCUT2D eigenvalue weighted by molar-refractivity contribution is -0.133. The number of halogens is 2. The minimum Gasteiger partial charge on any atom is -0.339 e. The maximum Gasteiger partial charge on any atom is 0.254 e. The van der Waals surface area contributed by atoms with E-state index < -0.39 is 11.6 Å². The van der Waals surface area contributed by atoms with Gasteiger partial charge in [0.25, 0.3) is 5.91 Å². The molecule has 0 aliphatic carbocycles. The predicted molar refractivity (Wildman–Crippen MR) is 103 cm³/mol. The molecule has 0 N–H and O–H groups in total. The number of hydrogen-bond acceptors (Lipinski definition) is 2. The molecule has 0 bridgehead atoms. The van der Waals surface area contributed by atoms with Crippen molar-refractivity contribution >= 4 is 11.8 Å². The number of rotatable bonds is 4. The van der Waals surface area contributed by atoms with Gasteiger partial charge in [-0.1, -0.05) is 44.2 Å². The van der Waals surface area contributed by atoms with Crippen molar-refractivity contribution in [1.82, 2.24) is 9.80 Å². The molecule has 0 unspecified atom stereocenters. The summed E-state index contributed by atoms with van der Waals surface area (Å²) in [4.78, 5) is 28.6. The molecule has 1 fully saturated rings. The molecule has 1 saturated heterocycles. The Morgan fingerprint density at radius 1 is 0.893 bits per heavy atom.